The minimum atomic E-state index is -0.667. The maximum Gasteiger partial charge on any atom is 0.410 e. The molecule has 102 valence electrons. The lowest BCUT2D eigenvalue weighted by molar-refractivity contribution is -0.132. The van der Waals surface area contributed by atoms with Crippen LogP contribution in [0, 0.1) is 5.41 Å². The van der Waals surface area contributed by atoms with Gasteiger partial charge in [0.15, 0.2) is 0 Å². The van der Waals surface area contributed by atoms with Gasteiger partial charge in [-0.15, -0.1) is 0 Å². The summed E-state index contributed by atoms with van der Waals surface area (Å²) in [5, 5.41) is 9.48. The van der Waals surface area contributed by atoms with Crippen molar-refractivity contribution in [2.45, 2.75) is 44.8 Å². The number of nitrogens with two attached hydrogens (primary N) is 1. The zero-order valence-electron chi connectivity index (χ0n) is 11.0. The van der Waals surface area contributed by atoms with Gasteiger partial charge < -0.3 is 15.6 Å². The molecule has 0 aromatic heterocycles. The summed E-state index contributed by atoms with van der Waals surface area (Å²) in [6, 6.07) is 0. The number of fused-ring (bicyclic) bond motifs is 1. The number of aliphatic hydroxyl groups excluding tert-OH is 1. The molecular weight excluding hydrogens is 236 g/mol. The topological polar surface area (TPSA) is 92.9 Å². The number of ether oxygens (including phenoxy) is 1. The molecule has 1 aliphatic carbocycles. The molecule has 3 fully saturated rings. The molecule has 18 heavy (non-hydrogen) atoms. The summed E-state index contributed by atoms with van der Waals surface area (Å²) in [5.74, 6) is -0.405. The van der Waals surface area contributed by atoms with Gasteiger partial charge in [0.05, 0.1) is 17.6 Å². The Morgan fingerprint density at radius 1 is 1.39 bits per heavy atom. The molecule has 2 amide bonds. The lowest BCUT2D eigenvalue weighted by atomic mass is 9.62. The third-order valence-electron chi connectivity index (χ3n) is 3.80. The standard InChI is InChI=1S/C12H20N2O4/c1-10(2,3)18-9(17)14-6-11(8(13)16)4-12(14,5-11)7-15/h15H,4-7H2,1-3H3,(H2,13,16). The van der Waals surface area contributed by atoms with E-state index < -0.39 is 28.6 Å². The Kier molecular flexibility index (Phi) is 2.63. The van der Waals surface area contributed by atoms with Gasteiger partial charge in [-0.25, -0.2) is 4.79 Å². The fraction of sp³-hybridized carbons (Fsp3) is 0.833. The van der Waals surface area contributed by atoms with Crippen molar-refractivity contribution in [3.05, 3.63) is 0 Å². The number of primary amides is 1. The second kappa shape index (κ2) is 3.60. The Hall–Kier alpha value is -1.30. The SMILES string of the molecule is CC(C)(C)OC(=O)N1CC2(C(N)=O)CC1(CO)C2. The Labute approximate surface area is 106 Å². The minimum absolute atomic E-state index is 0.165. The first-order chi connectivity index (χ1) is 8.14. The van der Waals surface area contributed by atoms with Crippen LogP contribution < -0.4 is 5.73 Å². The number of carbonyl (C=O) groups is 2. The van der Waals surface area contributed by atoms with Gasteiger partial charge in [0.1, 0.15) is 5.60 Å². The smallest absolute Gasteiger partial charge is 0.410 e. The zero-order valence-corrected chi connectivity index (χ0v) is 11.0. The van der Waals surface area contributed by atoms with Crippen LogP contribution in [-0.4, -0.2) is 46.3 Å². The molecule has 0 radical (unpaired) electrons. The molecule has 0 atom stereocenters. The second-order valence-electron chi connectivity index (χ2n) is 6.45. The molecule has 6 nitrogen and oxygen atoms in total. The number of hydrogen-bond acceptors (Lipinski definition) is 4. The van der Waals surface area contributed by atoms with Crippen molar-refractivity contribution in [1.82, 2.24) is 4.90 Å². The molecular formula is C12H20N2O4. The summed E-state index contributed by atoms with van der Waals surface area (Å²) in [5.41, 5.74) is 3.45. The molecule has 0 aromatic rings. The molecule has 0 unspecified atom stereocenters. The summed E-state index contributed by atoms with van der Waals surface area (Å²) >= 11 is 0. The molecule has 0 spiro atoms. The van der Waals surface area contributed by atoms with Crippen molar-refractivity contribution in [3.63, 3.8) is 0 Å². The highest BCUT2D eigenvalue weighted by Gasteiger charge is 2.69. The Balaban J connectivity index is 2.15. The van der Waals surface area contributed by atoms with Crippen LogP contribution in [0.4, 0.5) is 4.79 Å². The minimum Gasteiger partial charge on any atom is -0.444 e. The molecule has 2 aliphatic heterocycles. The molecule has 6 heteroatoms. The largest absolute Gasteiger partial charge is 0.444 e. The highest BCUT2D eigenvalue weighted by atomic mass is 16.6. The van der Waals surface area contributed by atoms with E-state index in [0.29, 0.717) is 12.8 Å². The van der Waals surface area contributed by atoms with Crippen LogP contribution in [0.15, 0.2) is 0 Å². The highest BCUT2D eigenvalue weighted by Crippen LogP contribution is 2.59. The maximum atomic E-state index is 12.1. The first-order valence-electron chi connectivity index (χ1n) is 6.06. The molecule has 2 saturated heterocycles. The Bertz CT molecular complexity index is 393. The summed E-state index contributed by atoms with van der Waals surface area (Å²) in [4.78, 5) is 25.0. The van der Waals surface area contributed by atoms with Crippen molar-refractivity contribution in [2.75, 3.05) is 13.2 Å². The number of rotatable bonds is 2. The summed E-state index contributed by atoms with van der Waals surface area (Å²) in [6.45, 7) is 5.42. The fourth-order valence-corrected chi connectivity index (χ4v) is 3.01. The third kappa shape index (κ3) is 1.75. The number of hydrogen-bond donors (Lipinski definition) is 2. The van der Waals surface area contributed by atoms with Crippen LogP contribution in [0.1, 0.15) is 33.6 Å². The number of aliphatic hydroxyl groups is 1. The van der Waals surface area contributed by atoms with Crippen LogP contribution in [0.3, 0.4) is 0 Å². The lowest BCUT2D eigenvalue weighted by Gasteiger charge is -2.44. The van der Waals surface area contributed by atoms with Crippen molar-refractivity contribution in [2.24, 2.45) is 11.1 Å². The first kappa shape index (κ1) is 13.1. The van der Waals surface area contributed by atoms with Crippen LogP contribution in [0.2, 0.25) is 0 Å². The van der Waals surface area contributed by atoms with Gasteiger partial charge in [-0.1, -0.05) is 0 Å². The zero-order chi connectivity index (χ0) is 13.8. The number of carbonyl (C=O) groups excluding carboxylic acids is 2. The molecule has 3 rings (SSSR count). The van der Waals surface area contributed by atoms with Crippen molar-refractivity contribution < 1.29 is 19.4 Å². The predicted octanol–water partition coefficient (Wildman–Crippen LogP) is 0.234. The average molecular weight is 256 g/mol. The van der Waals surface area contributed by atoms with Gasteiger partial charge in [-0.05, 0) is 33.6 Å². The lowest BCUT2D eigenvalue weighted by Crippen LogP contribution is -2.57. The number of nitrogens with zero attached hydrogens (tertiary/aromatic N) is 1. The van der Waals surface area contributed by atoms with Gasteiger partial charge >= 0.3 is 6.09 Å². The van der Waals surface area contributed by atoms with E-state index in [9.17, 15) is 14.7 Å². The molecule has 1 saturated carbocycles. The van der Waals surface area contributed by atoms with Gasteiger partial charge in [0.25, 0.3) is 0 Å². The summed E-state index contributed by atoms with van der Waals surface area (Å²) in [7, 11) is 0. The van der Waals surface area contributed by atoms with E-state index in [1.165, 1.54) is 4.90 Å². The third-order valence-corrected chi connectivity index (χ3v) is 3.80. The van der Waals surface area contributed by atoms with Gasteiger partial charge in [0, 0.05) is 6.54 Å². The van der Waals surface area contributed by atoms with E-state index in [1.54, 1.807) is 20.8 Å². The summed E-state index contributed by atoms with van der Waals surface area (Å²) in [6.07, 6.45) is 0.382. The van der Waals surface area contributed by atoms with E-state index in [1.807, 2.05) is 0 Å². The predicted molar refractivity (Wildman–Crippen MR) is 63.6 cm³/mol. The fourth-order valence-electron chi connectivity index (χ4n) is 3.01. The van der Waals surface area contributed by atoms with Gasteiger partial charge in [0.2, 0.25) is 5.91 Å². The maximum absolute atomic E-state index is 12.1. The van der Waals surface area contributed by atoms with E-state index in [2.05, 4.69) is 0 Å². The normalized spacial score (nSPS) is 34.1. The van der Waals surface area contributed by atoms with E-state index in [-0.39, 0.29) is 13.2 Å². The second-order valence-corrected chi connectivity index (χ2v) is 6.45. The van der Waals surface area contributed by atoms with Crippen LogP contribution >= 0.6 is 0 Å². The number of amides is 2. The highest BCUT2D eigenvalue weighted by molar-refractivity contribution is 5.86. The van der Waals surface area contributed by atoms with E-state index >= 15 is 0 Å². The van der Waals surface area contributed by atoms with Crippen LogP contribution in [-0.2, 0) is 9.53 Å². The van der Waals surface area contributed by atoms with E-state index in [4.69, 9.17) is 10.5 Å². The molecule has 3 aliphatic rings. The first-order valence-corrected chi connectivity index (χ1v) is 6.06. The van der Waals surface area contributed by atoms with Gasteiger partial charge in [-0.3, -0.25) is 9.69 Å². The summed E-state index contributed by atoms with van der Waals surface area (Å²) < 4.78 is 5.29. The van der Waals surface area contributed by atoms with Crippen molar-refractivity contribution in [1.29, 1.82) is 0 Å². The molecule has 3 N–H and O–H groups in total. The van der Waals surface area contributed by atoms with E-state index in [0.717, 1.165) is 0 Å². The molecule has 2 heterocycles. The van der Waals surface area contributed by atoms with Crippen LogP contribution in [0.5, 0.6) is 0 Å². The van der Waals surface area contributed by atoms with Crippen molar-refractivity contribution in [3.8, 4) is 0 Å². The Morgan fingerprint density at radius 2 is 1.94 bits per heavy atom. The van der Waals surface area contributed by atoms with Crippen LogP contribution in [0.25, 0.3) is 0 Å². The molecule has 2 bridgehead atoms. The Morgan fingerprint density at radius 3 is 2.33 bits per heavy atom. The average Bonchev–Trinajstić information content (AvgIpc) is 2.64. The molecule has 0 aromatic carbocycles. The van der Waals surface area contributed by atoms with Gasteiger partial charge in [-0.2, -0.15) is 0 Å². The quantitative estimate of drug-likeness (QED) is 0.739. The monoisotopic (exact) mass is 256 g/mol. The van der Waals surface area contributed by atoms with Crippen molar-refractivity contribution >= 4 is 12.0 Å².